The molecule has 0 amide bonds. The number of methoxy groups -OCH3 is 1. The van der Waals surface area contributed by atoms with E-state index >= 15 is 0 Å². The molecule has 3 N–H and O–H groups in total. The van der Waals surface area contributed by atoms with Crippen molar-refractivity contribution < 1.29 is 9.53 Å². The molecule has 0 heterocycles. The quantitative estimate of drug-likeness (QED) is 0.664. The Hall–Kier alpha value is -2.20. The van der Waals surface area contributed by atoms with E-state index in [1.54, 1.807) is 18.2 Å². The van der Waals surface area contributed by atoms with Gasteiger partial charge in [0.1, 0.15) is 0 Å². The summed E-state index contributed by atoms with van der Waals surface area (Å²) in [5.74, 6) is -0.428. The number of nitrogen functional groups attached to an aromatic ring is 1. The average molecular weight is 305 g/mol. The number of ether oxygens (including phenoxy) is 1. The lowest BCUT2D eigenvalue weighted by atomic mass is 10.1. The third-order valence-corrected chi connectivity index (χ3v) is 3.40. The van der Waals surface area contributed by atoms with E-state index in [9.17, 15) is 4.79 Å². The molecule has 2 rings (SSSR count). The second-order valence-electron chi connectivity index (χ2n) is 4.72. The van der Waals surface area contributed by atoms with Crippen LogP contribution in [0.15, 0.2) is 42.5 Å². The van der Waals surface area contributed by atoms with Crippen LogP contribution in [0.5, 0.6) is 0 Å². The maximum atomic E-state index is 11.8. The monoisotopic (exact) mass is 304 g/mol. The summed E-state index contributed by atoms with van der Waals surface area (Å²) in [7, 11) is 1.34. The van der Waals surface area contributed by atoms with E-state index < -0.39 is 5.97 Å². The van der Waals surface area contributed by atoms with Crippen LogP contribution in [0.3, 0.4) is 0 Å². The van der Waals surface area contributed by atoms with Crippen LogP contribution in [-0.2, 0) is 4.74 Å². The molecular weight excluding hydrogens is 288 g/mol. The van der Waals surface area contributed by atoms with Crippen molar-refractivity contribution in [2.75, 3.05) is 18.2 Å². The predicted octanol–water partition coefficient (Wildman–Crippen LogP) is 3.88. The van der Waals surface area contributed by atoms with Crippen LogP contribution in [-0.4, -0.2) is 13.1 Å². The fourth-order valence-electron chi connectivity index (χ4n) is 2.06. The fraction of sp³-hybridized carbons (Fsp3) is 0.188. The van der Waals surface area contributed by atoms with Crippen LogP contribution in [0.2, 0.25) is 5.02 Å². The number of halogens is 1. The van der Waals surface area contributed by atoms with Crippen molar-refractivity contribution in [3.63, 3.8) is 0 Å². The van der Waals surface area contributed by atoms with Crippen LogP contribution in [0.4, 0.5) is 11.4 Å². The molecule has 1 unspecified atom stereocenters. The van der Waals surface area contributed by atoms with E-state index in [1.165, 1.54) is 7.11 Å². The van der Waals surface area contributed by atoms with Crippen LogP contribution in [0, 0.1) is 0 Å². The Labute approximate surface area is 128 Å². The minimum Gasteiger partial charge on any atom is -0.465 e. The molecule has 0 saturated heterocycles. The number of hydrogen-bond donors (Lipinski definition) is 2. The van der Waals surface area contributed by atoms with E-state index in [2.05, 4.69) is 5.32 Å². The van der Waals surface area contributed by atoms with Crippen molar-refractivity contribution in [3.05, 3.63) is 58.6 Å². The lowest BCUT2D eigenvalue weighted by molar-refractivity contribution is 0.0602. The van der Waals surface area contributed by atoms with Crippen molar-refractivity contribution in [2.45, 2.75) is 13.0 Å². The minimum absolute atomic E-state index is 0.0178. The highest BCUT2D eigenvalue weighted by Gasteiger charge is 2.15. The van der Waals surface area contributed by atoms with E-state index in [0.29, 0.717) is 22.0 Å². The first-order valence-corrected chi connectivity index (χ1v) is 6.89. The van der Waals surface area contributed by atoms with Gasteiger partial charge in [-0.2, -0.15) is 0 Å². The highest BCUT2D eigenvalue weighted by Crippen LogP contribution is 2.26. The molecule has 1 atom stereocenters. The zero-order chi connectivity index (χ0) is 15.4. The molecule has 4 nitrogen and oxygen atoms in total. The van der Waals surface area contributed by atoms with Crippen LogP contribution < -0.4 is 11.1 Å². The molecule has 0 aliphatic heterocycles. The third kappa shape index (κ3) is 3.67. The molecule has 21 heavy (non-hydrogen) atoms. The molecule has 0 bridgehead atoms. The Morgan fingerprint density at radius 1 is 1.29 bits per heavy atom. The molecule has 0 saturated carbocycles. The average Bonchev–Trinajstić information content (AvgIpc) is 2.48. The summed E-state index contributed by atoms with van der Waals surface area (Å²) >= 11 is 6.00. The Balaban J connectivity index is 2.28. The number of carbonyl (C=O) groups excluding carboxylic acids is 1. The smallest absolute Gasteiger partial charge is 0.340 e. The number of benzene rings is 2. The first-order valence-electron chi connectivity index (χ1n) is 6.51. The van der Waals surface area contributed by atoms with Crippen molar-refractivity contribution in [2.24, 2.45) is 0 Å². The molecular formula is C16H17ClN2O2. The Morgan fingerprint density at radius 2 is 2.05 bits per heavy atom. The summed E-state index contributed by atoms with van der Waals surface area (Å²) in [5.41, 5.74) is 8.34. The van der Waals surface area contributed by atoms with Gasteiger partial charge in [0.25, 0.3) is 0 Å². The molecule has 0 radical (unpaired) electrons. The molecule has 110 valence electrons. The number of nitrogens with one attached hydrogen (secondary N) is 1. The zero-order valence-electron chi connectivity index (χ0n) is 11.9. The summed E-state index contributed by atoms with van der Waals surface area (Å²) in [4.78, 5) is 11.8. The van der Waals surface area contributed by atoms with E-state index in [4.69, 9.17) is 22.1 Å². The van der Waals surface area contributed by atoms with Crippen LogP contribution in [0.1, 0.15) is 28.9 Å². The predicted molar refractivity (Wildman–Crippen MR) is 85.7 cm³/mol. The van der Waals surface area contributed by atoms with Gasteiger partial charge in [-0.25, -0.2) is 4.79 Å². The van der Waals surface area contributed by atoms with Gasteiger partial charge < -0.3 is 15.8 Å². The summed E-state index contributed by atoms with van der Waals surface area (Å²) < 4.78 is 4.78. The molecule has 2 aromatic carbocycles. The molecule has 5 heteroatoms. The first kappa shape index (κ1) is 15.2. The second kappa shape index (κ2) is 6.50. The van der Waals surface area contributed by atoms with Crippen molar-refractivity contribution >= 4 is 28.9 Å². The van der Waals surface area contributed by atoms with Gasteiger partial charge in [-0.15, -0.1) is 0 Å². The number of rotatable bonds is 4. The lowest BCUT2D eigenvalue weighted by Gasteiger charge is -2.18. The topological polar surface area (TPSA) is 64.3 Å². The number of anilines is 2. The van der Waals surface area contributed by atoms with Crippen molar-refractivity contribution in [3.8, 4) is 0 Å². The molecule has 2 aromatic rings. The molecule has 0 aromatic heterocycles. The van der Waals surface area contributed by atoms with Crippen molar-refractivity contribution in [1.29, 1.82) is 0 Å². The van der Waals surface area contributed by atoms with Gasteiger partial charge in [0.2, 0.25) is 0 Å². The Bertz CT molecular complexity index is 658. The fourth-order valence-corrected chi connectivity index (χ4v) is 2.26. The number of hydrogen-bond acceptors (Lipinski definition) is 4. The molecule has 0 aliphatic carbocycles. The maximum Gasteiger partial charge on any atom is 0.340 e. The maximum absolute atomic E-state index is 11.8. The van der Waals surface area contributed by atoms with Gasteiger partial charge in [0.05, 0.1) is 12.7 Å². The standard InChI is InChI=1S/C16H17ClN2O2/c1-10(11-4-3-5-12(17)8-11)19-15-7-6-13(18)9-14(15)16(20)21-2/h3-10,19H,18H2,1-2H3. The number of carbonyl (C=O) groups is 1. The second-order valence-corrected chi connectivity index (χ2v) is 5.15. The van der Waals surface area contributed by atoms with Gasteiger partial charge in [-0.1, -0.05) is 23.7 Å². The van der Waals surface area contributed by atoms with Crippen molar-refractivity contribution in [1.82, 2.24) is 0 Å². The highest BCUT2D eigenvalue weighted by atomic mass is 35.5. The Kier molecular flexibility index (Phi) is 4.70. The largest absolute Gasteiger partial charge is 0.465 e. The van der Waals surface area contributed by atoms with E-state index in [-0.39, 0.29) is 6.04 Å². The number of nitrogens with two attached hydrogens (primary N) is 1. The first-order chi connectivity index (χ1) is 10.0. The third-order valence-electron chi connectivity index (χ3n) is 3.17. The zero-order valence-corrected chi connectivity index (χ0v) is 12.6. The van der Waals surface area contributed by atoms with Gasteiger partial charge >= 0.3 is 5.97 Å². The summed E-state index contributed by atoms with van der Waals surface area (Å²) in [5, 5.41) is 3.95. The van der Waals surface area contributed by atoms with Gasteiger partial charge in [-0.3, -0.25) is 0 Å². The molecule has 0 aliphatic rings. The van der Waals surface area contributed by atoms with E-state index in [1.807, 2.05) is 31.2 Å². The Morgan fingerprint density at radius 3 is 2.71 bits per heavy atom. The molecule has 0 fully saturated rings. The van der Waals surface area contributed by atoms with Gasteiger partial charge in [0, 0.05) is 22.4 Å². The summed E-state index contributed by atoms with van der Waals surface area (Å²) in [6.45, 7) is 1.99. The van der Waals surface area contributed by atoms with Crippen LogP contribution in [0.25, 0.3) is 0 Å². The lowest BCUT2D eigenvalue weighted by Crippen LogP contribution is -2.12. The number of esters is 1. The summed E-state index contributed by atoms with van der Waals surface area (Å²) in [6.07, 6.45) is 0. The van der Waals surface area contributed by atoms with Crippen LogP contribution >= 0.6 is 11.6 Å². The SMILES string of the molecule is COC(=O)c1cc(N)ccc1NC(C)c1cccc(Cl)c1. The van der Waals surface area contributed by atoms with Gasteiger partial charge in [-0.05, 0) is 42.8 Å². The highest BCUT2D eigenvalue weighted by molar-refractivity contribution is 6.30. The normalized spacial score (nSPS) is 11.8. The van der Waals surface area contributed by atoms with E-state index in [0.717, 1.165) is 5.56 Å². The van der Waals surface area contributed by atoms with Gasteiger partial charge in [0.15, 0.2) is 0 Å². The molecule has 0 spiro atoms. The summed E-state index contributed by atoms with van der Waals surface area (Å²) in [6, 6.07) is 12.6. The minimum atomic E-state index is -0.428.